The molecular formula is C18H15F3N4O. The first-order valence-electron chi connectivity index (χ1n) is 7.80. The van der Waals surface area contributed by atoms with Crippen molar-refractivity contribution < 1.29 is 18.0 Å². The normalized spacial score (nSPS) is 16.3. The van der Waals surface area contributed by atoms with E-state index in [0.717, 1.165) is 12.3 Å². The molecule has 1 fully saturated rings. The van der Waals surface area contributed by atoms with Crippen LogP contribution in [0.3, 0.4) is 0 Å². The molecule has 5 nitrogen and oxygen atoms in total. The van der Waals surface area contributed by atoms with Crippen LogP contribution in [0.5, 0.6) is 0 Å². The van der Waals surface area contributed by atoms with Crippen LogP contribution >= 0.6 is 0 Å². The van der Waals surface area contributed by atoms with Crippen LogP contribution in [0.15, 0.2) is 59.6 Å². The van der Waals surface area contributed by atoms with E-state index < -0.39 is 34.7 Å². The van der Waals surface area contributed by atoms with Gasteiger partial charge in [-0.25, -0.2) is 13.8 Å². The molecule has 0 aliphatic heterocycles. The summed E-state index contributed by atoms with van der Waals surface area (Å²) in [6.45, 7) is 0. The van der Waals surface area contributed by atoms with E-state index in [2.05, 4.69) is 15.3 Å². The zero-order valence-electron chi connectivity index (χ0n) is 13.5. The van der Waals surface area contributed by atoms with Crippen molar-refractivity contribution >= 4 is 17.4 Å². The number of carbonyl (C=O) groups excluding carboxylic acids is 1. The summed E-state index contributed by atoms with van der Waals surface area (Å²) in [7, 11) is 0. The number of nitrogens with zero attached hydrogens (tertiary/aromatic N) is 2. The number of rotatable bonds is 5. The molecule has 1 saturated carbocycles. The van der Waals surface area contributed by atoms with Gasteiger partial charge in [0.25, 0.3) is 5.91 Å². The SMILES string of the molecule is NC(=NC(=O)C1(c2ccccc2F)CC1)/C(F)=C\Nc1ccnc(F)c1. The molecule has 0 saturated heterocycles. The summed E-state index contributed by atoms with van der Waals surface area (Å²) in [5.74, 6) is -3.58. The lowest BCUT2D eigenvalue weighted by Crippen LogP contribution is -2.24. The number of aromatic nitrogens is 1. The van der Waals surface area contributed by atoms with Gasteiger partial charge in [-0.3, -0.25) is 4.79 Å². The largest absolute Gasteiger partial charge is 0.381 e. The van der Waals surface area contributed by atoms with E-state index in [1.165, 1.54) is 30.5 Å². The van der Waals surface area contributed by atoms with Gasteiger partial charge in [-0.2, -0.15) is 9.38 Å². The fourth-order valence-corrected chi connectivity index (χ4v) is 2.56. The molecule has 3 N–H and O–H groups in total. The average molecular weight is 360 g/mol. The first-order valence-corrected chi connectivity index (χ1v) is 7.80. The van der Waals surface area contributed by atoms with Gasteiger partial charge in [-0.05, 0) is 25.0 Å². The number of carbonyl (C=O) groups is 1. The number of pyridine rings is 1. The number of aliphatic imine (C=N–C) groups is 1. The number of hydrogen-bond donors (Lipinski definition) is 2. The van der Waals surface area contributed by atoms with Crippen LogP contribution in [0.2, 0.25) is 0 Å². The van der Waals surface area contributed by atoms with Crippen molar-refractivity contribution in [3.63, 3.8) is 0 Å². The minimum Gasteiger partial charge on any atom is -0.381 e. The second-order valence-corrected chi connectivity index (χ2v) is 5.87. The molecule has 1 heterocycles. The Bertz CT molecular complexity index is 907. The zero-order chi connectivity index (χ0) is 18.7. The minimum atomic E-state index is -1.09. The summed E-state index contributed by atoms with van der Waals surface area (Å²) >= 11 is 0. The van der Waals surface area contributed by atoms with Gasteiger partial charge in [-0.1, -0.05) is 18.2 Å². The molecule has 0 bridgehead atoms. The van der Waals surface area contributed by atoms with E-state index in [4.69, 9.17) is 5.73 Å². The minimum absolute atomic E-state index is 0.233. The van der Waals surface area contributed by atoms with Crippen LogP contribution in [0.25, 0.3) is 0 Å². The van der Waals surface area contributed by atoms with Gasteiger partial charge in [0.15, 0.2) is 11.7 Å². The molecule has 1 amide bonds. The topological polar surface area (TPSA) is 80.4 Å². The first-order chi connectivity index (χ1) is 12.4. The molecule has 1 aromatic heterocycles. The molecule has 0 radical (unpaired) electrons. The van der Waals surface area contributed by atoms with Gasteiger partial charge >= 0.3 is 0 Å². The average Bonchev–Trinajstić information content (AvgIpc) is 3.42. The second-order valence-electron chi connectivity index (χ2n) is 5.87. The summed E-state index contributed by atoms with van der Waals surface area (Å²) in [6.07, 6.45) is 2.89. The predicted molar refractivity (Wildman–Crippen MR) is 91.0 cm³/mol. The van der Waals surface area contributed by atoms with Crippen LogP contribution in [0.1, 0.15) is 18.4 Å². The van der Waals surface area contributed by atoms with E-state index in [1.807, 2.05) is 0 Å². The fraction of sp³-hybridized carbons (Fsp3) is 0.167. The molecular weight excluding hydrogens is 345 g/mol. The number of nitrogens with two attached hydrogens (primary N) is 1. The van der Waals surface area contributed by atoms with Gasteiger partial charge in [0, 0.05) is 29.7 Å². The van der Waals surface area contributed by atoms with Crippen LogP contribution in [0, 0.1) is 11.8 Å². The monoisotopic (exact) mass is 360 g/mol. The second kappa shape index (κ2) is 6.99. The van der Waals surface area contributed by atoms with Crippen molar-refractivity contribution in [2.24, 2.45) is 10.7 Å². The molecule has 0 atom stereocenters. The Balaban J connectivity index is 1.75. The summed E-state index contributed by atoms with van der Waals surface area (Å²) < 4.78 is 41.0. The maximum Gasteiger partial charge on any atom is 0.258 e. The summed E-state index contributed by atoms with van der Waals surface area (Å²) in [5.41, 5.74) is 4.91. The van der Waals surface area contributed by atoms with E-state index in [9.17, 15) is 18.0 Å². The lowest BCUT2D eigenvalue weighted by Gasteiger charge is -2.12. The van der Waals surface area contributed by atoms with Crippen LogP contribution < -0.4 is 11.1 Å². The standard InChI is InChI=1S/C18H15F3N4O/c19-13-4-2-1-3-12(13)18(6-7-18)17(26)25-16(22)14(20)10-24-11-5-8-23-15(21)9-11/h1-5,8-10H,6-7H2,(H,23,24)(H2,22,25,26)/b14-10+. The Kier molecular flexibility index (Phi) is 4.75. The number of anilines is 1. The molecule has 1 aromatic carbocycles. The summed E-state index contributed by atoms with van der Waals surface area (Å²) in [4.78, 5) is 19.4. The van der Waals surface area contributed by atoms with E-state index in [1.54, 1.807) is 6.07 Å². The van der Waals surface area contributed by atoms with Crippen molar-refractivity contribution in [1.29, 1.82) is 0 Å². The maximum atomic E-state index is 14.0. The van der Waals surface area contributed by atoms with Crippen molar-refractivity contribution in [2.45, 2.75) is 18.3 Å². The number of nitrogens with one attached hydrogen (secondary N) is 1. The summed E-state index contributed by atoms with van der Waals surface area (Å²) in [5, 5.41) is 2.49. The molecule has 2 aromatic rings. The number of halogens is 3. The van der Waals surface area contributed by atoms with E-state index in [-0.39, 0.29) is 11.3 Å². The van der Waals surface area contributed by atoms with Crippen molar-refractivity contribution in [3.8, 4) is 0 Å². The highest BCUT2D eigenvalue weighted by molar-refractivity contribution is 6.06. The number of amides is 1. The third-order valence-electron chi connectivity index (χ3n) is 4.11. The maximum absolute atomic E-state index is 14.0. The number of benzene rings is 1. The summed E-state index contributed by atoms with van der Waals surface area (Å²) in [6, 6.07) is 8.39. The van der Waals surface area contributed by atoms with E-state index in [0.29, 0.717) is 12.8 Å². The third-order valence-corrected chi connectivity index (χ3v) is 4.11. The lowest BCUT2D eigenvalue weighted by atomic mass is 9.94. The van der Waals surface area contributed by atoms with Crippen LogP contribution in [-0.4, -0.2) is 16.7 Å². The highest BCUT2D eigenvalue weighted by Crippen LogP contribution is 2.50. The van der Waals surface area contributed by atoms with Gasteiger partial charge in [0.1, 0.15) is 5.82 Å². The molecule has 1 aliphatic carbocycles. The molecule has 0 spiro atoms. The smallest absolute Gasteiger partial charge is 0.258 e. The van der Waals surface area contributed by atoms with E-state index >= 15 is 0 Å². The zero-order valence-corrected chi connectivity index (χ0v) is 13.5. The van der Waals surface area contributed by atoms with Crippen molar-refractivity contribution in [2.75, 3.05) is 5.32 Å². The molecule has 1 aliphatic rings. The highest BCUT2D eigenvalue weighted by atomic mass is 19.1. The molecule has 0 unspecified atom stereocenters. The van der Waals surface area contributed by atoms with Gasteiger partial charge in [0.2, 0.25) is 5.95 Å². The Morgan fingerprint density at radius 2 is 2.00 bits per heavy atom. The Morgan fingerprint density at radius 3 is 2.65 bits per heavy atom. The molecule has 134 valence electrons. The predicted octanol–water partition coefficient (Wildman–Crippen LogP) is 3.20. The van der Waals surface area contributed by atoms with Gasteiger partial charge in [0.05, 0.1) is 5.41 Å². The number of amidine groups is 1. The van der Waals surface area contributed by atoms with Crippen molar-refractivity contribution in [1.82, 2.24) is 4.98 Å². The van der Waals surface area contributed by atoms with Crippen LogP contribution in [0.4, 0.5) is 18.9 Å². The quantitative estimate of drug-likeness (QED) is 0.487. The first kappa shape index (κ1) is 17.7. The third kappa shape index (κ3) is 3.58. The Labute approximate surface area is 147 Å². The fourth-order valence-electron chi connectivity index (χ4n) is 2.56. The van der Waals surface area contributed by atoms with Gasteiger partial charge in [-0.15, -0.1) is 0 Å². The van der Waals surface area contributed by atoms with Crippen LogP contribution in [-0.2, 0) is 10.2 Å². The molecule has 3 rings (SSSR count). The van der Waals surface area contributed by atoms with Crippen molar-refractivity contribution in [3.05, 3.63) is 72.0 Å². The highest BCUT2D eigenvalue weighted by Gasteiger charge is 2.52. The Morgan fingerprint density at radius 1 is 1.27 bits per heavy atom. The lowest BCUT2D eigenvalue weighted by molar-refractivity contribution is -0.120. The molecule has 8 heteroatoms. The van der Waals surface area contributed by atoms with Gasteiger partial charge < -0.3 is 11.1 Å². The molecule has 26 heavy (non-hydrogen) atoms. The Hall–Kier alpha value is -3.16. The number of hydrogen-bond acceptors (Lipinski definition) is 3.